The molecule has 0 radical (unpaired) electrons. The highest BCUT2D eigenvalue weighted by atomic mass is 32.2. The third-order valence-corrected chi connectivity index (χ3v) is 4.92. The van der Waals surface area contributed by atoms with Gasteiger partial charge in [0, 0.05) is 6.54 Å². The van der Waals surface area contributed by atoms with Crippen molar-refractivity contribution in [1.82, 2.24) is 9.55 Å². The first kappa shape index (κ1) is 13.5. The quantitative estimate of drug-likeness (QED) is 0.859. The summed E-state index contributed by atoms with van der Waals surface area (Å²) in [6, 6.07) is 6.16. The largest absolute Gasteiger partial charge is 0.481 e. The summed E-state index contributed by atoms with van der Waals surface area (Å²) >= 11 is 1.31. The first-order valence-corrected chi connectivity index (χ1v) is 7.85. The van der Waals surface area contributed by atoms with Crippen LogP contribution in [0.1, 0.15) is 18.9 Å². The third-order valence-electron chi connectivity index (χ3n) is 3.96. The summed E-state index contributed by atoms with van der Waals surface area (Å²) in [4.78, 5) is 15.4. The zero-order valence-corrected chi connectivity index (χ0v) is 12.5. The highest BCUT2D eigenvalue weighted by molar-refractivity contribution is 7.99. The molecule has 1 aromatic carbocycles. The minimum Gasteiger partial charge on any atom is -0.481 e. The summed E-state index contributed by atoms with van der Waals surface area (Å²) in [5.74, 6) is 0.736. The number of rotatable bonds is 5. The average molecular weight is 290 g/mol. The SMILES string of the molecule is Cc1cccc2c1nc(SCC(=O)O)n2CC1CC1C. The fourth-order valence-corrected chi connectivity index (χ4v) is 3.30. The molecule has 2 aromatic rings. The van der Waals surface area contributed by atoms with Crippen LogP contribution in [-0.2, 0) is 11.3 Å². The van der Waals surface area contributed by atoms with E-state index in [-0.39, 0.29) is 5.75 Å². The second kappa shape index (κ2) is 5.13. The first-order chi connectivity index (χ1) is 9.56. The van der Waals surface area contributed by atoms with Gasteiger partial charge in [0.1, 0.15) is 0 Å². The number of hydrogen-bond acceptors (Lipinski definition) is 3. The zero-order chi connectivity index (χ0) is 14.3. The van der Waals surface area contributed by atoms with Gasteiger partial charge in [0.2, 0.25) is 0 Å². The number of aryl methyl sites for hydroxylation is 1. The van der Waals surface area contributed by atoms with E-state index in [9.17, 15) is 4.79 Å². The van der Waals surface area contributed by atoms with Gasteiger partial charge in [-0.3, -0.25) is 4.79 Å². The lowest BCUT2D eigenvalue weighted by Crippen LogP contribution is -2.05. The highest BCUT2D eigenvalue weighted by Crippen LogP contribution is 2.40. The van der Waals surface area contributed by atoms with E-state index in [1.165, 1.54) is 18.2 Å². The molecule has 3 rings (SSSR count). The number of nitrogens with zero attached hydrogens (tertiary/aromatic N) is 2. The number of benzene rings is 1. The van der Waals surface area contributed by atoms with Gasteiger partial charge in [-0.25, -0.2) is 4.98 Å². The Balaban J connectivity index is 1.99. The van der Waals surface area contributed by atoms with Crippen LogP contribution in [0.25, 0.3) is 11.0 Å². The van der Waals surface area contributed by atoms with Crippen LogP contribution < -0.4 is 0 Å². The Kier molecular flexibility index (Phi) is 3.46. The number of fused-ring (bicyclic) bond motifs is 1. The van der Waals surface area contributed by atoms with Crippen molar-refractivity contribution in [3.63, 3.8) is 0 Å². The second-order valence-electron chi connectivity index (χ2n) is 5.60. The topological polar surface area (TPSA) is 55.1 Å². The molecule has 0 bridgehead atoms. The van der Waals surface area contributed by atoms with Crippen molar-refractivity contribution >= 4 is 28.8 Å². The van der Waals surface area contributed by atoms with Gasteiger partial charge in [0.15, 0.2) is 5.16 Å². The van der Waals surface area contributed by atoms with Gasteiger partial charge in [-0.15, -0.1) is 0 Å². The van der Waals surface area contributed by atoms with Crippen molar-refractivity contribution < 1.29 is 9.90 Å². The second-order valence-corrected chi connectivity index (χ2v) is 6.55. The molecule has 1 heterocycles. The van der Waals surface area contributed by atoms with Gasteiger partial charge in [-0.1, -0.05) is 30.8 Å². The predicted molar refractivity (Wildman–Crippen MR) is 80.1 cm³/mol. The minimum absolute atomic E-state index is 0.0581. The lowest BCUT2D eigenvalue weighted by Gasteiger charge is -2.07. The Hall–Kier alpha value is -1.49. The van der Waals surface area contributed by atoms with E-state index in [1.54, 1.807) is 0 Å². The molecule has 20 heavy (non-hydrogen) atoms. The lowest BCUT2D eigenvalue weighted by atomic mass is 10.2. The number of hydrogen-bond donors (Lipinski definition) is 1. The highest BCUT2D eigenvalue weighted by Gasteiger charge is 2.33. The smallest absolute Gasteiger partial charge is 0.313 e. The van der Waals surface area contributed by atoms with Gasteiger partial charge in [-0.05, 0) is 36.8 Å². The Bertz CT molecular complexity index is 665. The fraction of sp³-hybridized carbons (Fsp3) is 0.467. The monoisotopic (exact) mass is 290 g/mol. The molecule has 106 valence electrons. The lowest BCUT2D eigenvalue weighted by molar-refractivity contribution is -0.133. The molecule has 0 aliphatic heterocycles. The summed E-state index contributed by atoms with van der Waals surface area (Å²) in [5, 5.41) is 9.70. The molecular weight excluding hydrogens is 272 g/mol. The van der Waals surface area contributed by atoms with Gasteiger partial charge < -0.3 is 9.67 Å². The van der Waals surface area contributed by atoms with Crippen molar-refractivity contribution in [2.24, 2.45) is 11.8 Å². The summed E-state index contributed by atoms with van der Waals surface area (Å²) in [6.07, 6.45) is 1.26. The number of carboxylic acid groups (broad SMARTS) is 1. The van der Waals surface area contributed by atoms with Crippen molar-refractivity contribution in [3.05, 3.63) is 23.8 Å². The third kappa shape index (κ3) is 2.54. The zero-order valence-electron chi connectivity index (χ0n) is 11.7. The maximum atomic E-state index is 10.8. The van der Waals surface area contributed by atoms with Crippen LogP contribution in [-0.4, -0.2) is 26.4 Å². The number of carbonyl (C=O) groups is 1. The number of imidazole rings is 1. The van der Waals surface area contributed by atoms with Crippen LogP contribution in [0.5, 0.6) is 0 Å². The number of para-hydroxylation sites is 1. The van der Waals surface area contributed by atoms with Crippen LogP contribution in [0, 0.1) is 18.8 Å². The maximum Gasteiger partial charge on any atom is 0.313 e. The molecule has 0 amide bonds. The van der Waals surface area contributed by atoms with Crippen molar-refractivity contribution in [2.45, 2.75) is 32.0 Å². The summed E-state index contributed by atoms with van der Waals surface area (Å²) in [7, 11) is 0. The number of aliphatic carboxylic acids is 1. The van der Waals surface area contributed by atoms with E-state index in [0.29, 0.717) is 5.92 Å². The molecule has 5 heteroatoms. The van der Waals surface area contributed by atoms with Gasteiger partial charge >= 0.3 is 5.97 Å². The predicted octanol–water partition coefficient (Wildman–Crippen LogP) is 3.18. The summed E-state index contributed by atoms with van der Waals surface area (Å²) < 4.78 is 2.20. The molecule has 1 aliphatic rings. The fourth-order valence-electron chi connectivity index (χ4n) is 2.57. The van der Waals surface area contributed by atoms with E-state index in [2.05, 4.69) is 22.5 Å². The van der Waals surface area contributed by atoms with Crippen LogP contribution >= 0.6 is 11.8 Å². The molecule has 0 spiro atoms. The first-order valence-electron chi connectivity index (χ1n) is 6.86. The van der Waals surface area contributed by atoms with Crippen LogP contribution in [0.15, 0.2) is 23.4 Å². The minimum atomic E-state index is -0.801. The summed E-state index contributed by atoms with van der Waals surface area (Å²) in [5.41, 5.74) is 3.26. The molecular formula is C15H18N2O2S. The molecule has 2 unspecified atom stereocenters. The standard InChI is InChI=1S/C15H18N2O2S/c1-9-4-3-5-12-14(9)16-15(20-8-13(18)19)17(12)7-11-6-10(11)2/h3-5,10-11H,6-8H2,1-2H3,(H,18,19). The normalized spacial score (nSPS) is 21.3. The Morgan fingerprint density at radius 1 is 1.55 bits per heavy atom. The van der Waals surface area contributed by atoms with Gasteiger partial charge in [0.25, 0.3) is 0 Å². The van der Waals surface area contributed by atoms with Crippen molar-refractivity contribution in [3.8, 4) is 0 Å². The molecule has 1 N–H and O–H groups in total. The van der Waals surface area contributed by atoms with E-state index in [0.717, 1.165) is 34.2 Å². The van der Waals surface area contributed by atoms with Crippen LogP contribution in [0.4, 0.5) is 0 Å². The van der Waals surface area contributed by atoms with Crippen molar-refractivity contribution in [1.29, 1.82) is 0 Å². The Morgan fingerprint density at radius 3 is 2.95 bits per heavy atom. The number of thioether (sulfide) groups is 1. The number of carboxylic acids is 1. The molecule has 1 aromatic heterocycles. The average Bonchev–Trinajstić information content (AvgIpc) is 2.96. The van der Waals surface area contributed by atoms with Crippen LogP contribution in [0.2, 0.25) is 0 Å². The van der Waals surface area contributed by atoms with E-state index < -0.39 is 5.97 Å². The van der Waals surface area contributed by atoms with Crippen LogP contribution in [0.3, 0.4) is 0 Å². The van der Waals surface area contributed by atoms with Gasteiger partial charge in [0.05, 0.1) is 16.8 Å². The Labute approximate surface area is 122 Å². The van der Waals surface area contributed by atoms with E-state index >= 15 is 0 Å². The molecule has 4 nitrogen and oxygen atoms in total. The van der Waals surface area contributed by atoms with E-state index in [4.69, 9.17) is 5.11 Å². The molecule has 0 saturated heterocycles. The maximum absolute atomic E-state index is 10.8. The van der Waals surface area contributed by atoms with Gasteiger partial charge in [-0.2, -0.15) is 0 Å². The Morgan fingerprint density at radius 2 is 2.30 bits per heavy atom. The molecule has 2 atom stereocenters. The molecule has 1 saturated carbocycles. The van der Waals surface area contributed by atoms with E-state index in [1.807, 2.05) is 19.1 Å². The molecule has 1 aliphatic carbocycles. The molecule has 1 fully saturated rings. The number of aromatic nitrogens is 2. The summed E-state index contributed by atoms with van der Waals surface area (Å²) in [6.45, 7) is 5.26. The van der Waals surface area contributed by atoms with Crippen molar-refractivity contribution in [2.75, 3.05) is 5.75 Å².